The summed E-state index contributed by atoms with van der Waals surface area (Å²) < 4.78 is 15.7. The van der Waals surface area contributed by atoms with Crippen LogP contribution in [0, 0.1) is 0 Å². The van der Waals surface area contributed by atoms with Crippen LogP contribution in [0.15, 0.2) is 48.5 Å². The molecule has 33 heavy (non-hydrogen) atoms. The molecule has 1 aliphatic heterocycles. The normalized spacial score (nSPS) is 15.7. The number of carbonyl (C=O) groups is 2. The van der Waals surface area contributed by atoms with Crippen molar-refractivity contribution in [2.24, 2.45) is 0 Å². The molecule has 0 aliphatic carbocycles. The van der Waals surface area contributed by atoms with Gasteiger partial charge in [-0.3, -0.25) is 9.59 Å². The average molecular weight is 453 g/mol. The Kier molecular flexibility index (Phi) is 7.56. The molecule has 1 amide bonds. The van der Waals surface area contributed by atoms with Crippen LogP contribution in [0.4, 0.5) is 0 Å². The van der Waals surface area contributed by atoms with E-state index >= 15 is 0 Å². The third-order valence-electron chi connectivity index (χ3n) is 5.70. The zero-order valence-electron chi connectivity index (χ0n) is 20.1. The standard InChI is InChI=1S/C26H32N2O5/c1-26(2)15-19-11-12-20(31-4)13-21(19)22(27-26)14-23(29)17-7-9-18(10-8-17)25(30)28(3)16-24(32-5)33-6/h7-14,24,27H,15-16H2,1-6H3/b22-14-. The molecule has 3 rings (SSSR count). The fourth-order valence-corrected chi connectivity index (χ4v) is 3.92. The van der Waals surface area contributed by atoms with Crippen molar-refractivity contribution in [3.05, 3.63) is 70.8 Å². The number of ketones is 1. The second-order valence-corrected chi connectivity index (χ2v) is 8.79. The van der Waals surface area contributed by atoms with Crippen molar-refractivity contribution in [1.82, 2.24) is 10.2 Å². The van der Waals surface area contributed by atoms with Gasteiger partial charge in [-0.05, 0) is 50.1 Å². The molecule has 1 aliphatic rings. The van der Waals surface area contributed by atoms with Crippen LogP contribution in [0.3, 0.4) is 0 Å². The van der Waals surface area contributed by atoms with Gasteiger partial charge < -0.3 is 24.4 Å². The van der Waals surface area contributed by atoms with Gasteiger partial charge in [0.15, 0.2) is 12.1 Å². The minimum absolute atomic E-state index is 0.143. The van der Waals surface area contributed by atoms with Gasteiger partial charge in [-0.1, -0.05) is 18.2 Å². The number of ether oxygens (including phenoxy) is 3. The number of fused-ring (bicyclic) bond motifs is 1. The number of nitrogens with one attached hydrogen (secondary N) is 1. The minimum atomic E-state index is -0.500. The van der Waals surface area contributed by atoms with E-state index in [0.29, 0.717) is 17.7 Å². The number of likely N-dealkylation sites (N-methyl/N-ethyl adjacent to an activating group) is 1. The Labute approximate surface area is 195 Å². The Morgan fingerprint density at radius 2 is 1.70 bits per heavy atom. The van der Waals surface area contributed by atoms with Crippen LogP contribution in [-0.2, 0) is 15.9 Å². The van der Waals surface area contributed by atoms with Crippen molar-refractivity contribution < 1.29 is 23.8 Å². The van der Waals surface area contributed by atoms with Crippen molar-refractivity contribution in [1.29, 1.82) is 0 Å². The van der Waals surface area contributed by atoms with E-state index in [9.17, 15) is 9.59 Å². The number of hydrogen-bond acceptors (Lipinski definition) is 6. The molecule has 0 aromatic heterocycles. The maximum atomic E-state index is 13.1. The molecule has 0 bridgehead atoms. The van der Waals surface area contributed by atoms with Crippen molar-refractivity contribution >= 4 is 17.4 Å². The third kappa shape index (κ3) is 5.80. The molecule has 0 radical (unpaired) electrons. The molecule has 0 saturated carbocycles. The Morgan fingerprint density at radius 1 is 1.06 bits per heavy atom. The molecule has 0 unspecified atom stereocenters. The molecule has 1 N–H and O–H groups in total. The van der Waals surface area contributed by atoms with Crippen LogP contribution in [0.25, 0.3) is 5.70 Å². The smallest absolute Gasteiger partial charge is 0.253 e. The highest BCUT2D eigenvalue weighted by Crippen LogP contribution is 2.32. The fraction of sp³-hybridized carbons (Fsp3) is 0.385. The highest BCUT2D eigenvalue weighted by molar-refractivity contribution is 6.09. The summed E-state index contributed by atoms with van der Waals surface area (Å²) in [6, 6.07) is 12.6. The number of allylic oxidation sites excluding steroid dienone is 1. The summed E-state index contributed by atoms with van der Waals surface area (Å²) >= 11 is 0. The first-order chi connectivity index (χ1) is 15.7. The molecular weight excluding hydrogens is 420 g/mol. The maximum absolute atomic E-state index is 13.1. The number of methoxy groups -OCH3 is 3. The van der Waals surface area contributed by atoms with Gasteiger partial charge in [0.25, 0.3) is 5.91 Å². The van der Waals surface area contributed by atoms with E-state index in [1.165, 1.54) is 19.1 Å². The minimum Gasteiger partial charge on any atom is -0.497 e. The van der Waals surface area contributed by atoms with Gasteiger partial charge in [-0.25, -0.2) is 0 Å². The van der Waals surface area contributed by atoms with Crippen molar-refractivity contribution in [2.75, 3.05) is 34.9 Å². The summed E-state index contributed by atoms with van der Waals surface area (Å²) in [5.41, 5.74) is 3.68. The largest absolute Gasteiger partial charge is 0.497 e. The zero-order chi connectivity index (χ0) is 24.2. The highest BCUT2D eigenvalue weighted by Gasteiger charge is 2.28. The van der Waals surface area contributed by atoms with E-state index in [1.807, 2.05) is 18.2 Å². The van der Waals surface area contributed by atoms with Gasteiger partial charge in [-0.2, -0.15) is 0 Å². The first kappa shape index (κ1) is 24.5. The van der Waals surface area contributed by atoms with Crippen LogP contribution in [-0.4, -0.2) is 63.3 Å². The first-order valence-electron chi connectivity index (χ1n) is 10.8. The molecule has 0 atom stereocenters. The lowest BCUT2D eigenvalue weighted by Gasteiger charge is -2.35. The van der Waals surface area contributed by atoms with Gasteiger partial charge in [0, 0.05) is 55.3 Å². The van der Waals surface area contributed by atoms with E-state index in [2.05, 4.69) is 19.2 Å². The van der Waals surface area contributed by atoms with Crippen LogP contribution >= 0.6 is 0 Å². The quantitative estimate of drug-likeness (QED) is 0.375. The molecular formula is C26H32N2O5. The molecule has 7 nitrogen and oxygen atoms in total. The monoisotopic (exact) mass is 452 g/mol. The van der Waals surface area contributed by atoms with Crippen molar-refractivity contribution in [3.63, 3.8) is 0 Å². The number of benzene rings is 2. The summed E-state index contributed by atoms with van der Waals surface area (Å²) in [6.45, 7) is 4.50. The lowest BCUT2D eigenvalue weighted by Crippen LogP contribution is -2.43. The van der Waals surface area contributed by atoms with Crippen LogP contribution < -0.4 is 10.1 Å². The molecule has 1 heterocycles. The van der Waals surface area contributed by atoms with E-state index in [1.54, 1.807) is 44.5 Å². The average Bonchev–Trinajstić information content (AvgIpc) is 2.81. The van der Waals surface area contributed by atoms with Gasteiger partial charge in [0.1, 0.15) is 5.75 Å². The Bertz CT molecular complexity index is 1040. The van der Waals surface area contributed by atoms with Crippen LogP contribution in [0.2, 0.25) is 0 Å². The molecule has 2 aromatic carbocycles. The van der Waals surface area contributed by atoms with Gasteiger partial charge in [0.05, 0.1) is 13.7 Å². The number of rotatable bonds is 8. The SMILES string of the molecule is COc1ccc2c(c1)/C(=C/C(=O)c1ccc(C(=O)N(C)CC(OC)OC)cc1)NC(C)(C)C2. The summed E-state index contributed by atoms with van der Waals surface area (Å²) in [5.74, 6) is 0.420. The zero-order valence-corrected chi connectivity index (χ0v) is 20.1. The summed E-state index contributed by atoms with van der Waals surface area (Å²) in [6.07, 6.45) is 1.96. The van der Waals surface area contributed by atoms with E-state index in [-0.39, 0.29) is 17.2 Å². The summed E-state index contributed by atoms with van der Waals surface area (Å²) in [7, 11) is 6.36. The number of nitrogens with zero attached hydrogens (tertiary/aromatic N) is 1. The third-order valence-corrected chi connectivity index (χ3v) is 5.70. The Balaban J connectivity index is 1.81. The molecule has 2 aromatic rings. The maximum Gasteiger partial charge on any atom is 0.253 e. The highest BCUT2D eigenvalue weighted by atomic mass is 16.7. The Morgan fingerprint density at radius 3 is 2.30 bits per heavy atom. The van der Waals surface area contributed by atoms with E-state index in [4.69, 9.17) is 14.2 Å². The van der Waals surface area contributed by atoms with Gasteiger partial charge in [-0.15, -0.1) is 0 Å². The van der Waals surface area contributed by atoms with Gasteiger partial charge in [0.2, 0.25) is 0 Å². The number of hydrogen-bond donors (Lipinski definition) is 1. The van der Waals surface area contributed by atoms with E-state index in [0.717, 1.165) is 29.0 Å². The Hall–Kier alpha value is -3.16. The molecule has 0 spiro atoms. The van der Waals surface area contributed by atoms with Crippen LogP contribution in [0.5, 0.6) is 5.75 Å². The topological polar surface area (TPSA) is 77.1 Å². The second kappa shape index (κ2) is 10.2. The molecule has 0 saturated heterocycles. The lowest BCUT2D eigenvalue weighted by atomic mass is 9.85. The van der Waals surface area contributed by atoms with Gasteiger partial charge >= 0.3 is 0 Å². The van der Waals surface area contributed by atoms with Crippen LogP contribution in [0.1, 0.15) is 45.7 Å². The molecule has 176 valence electrons. The summed E-state index contributed by atoms with van der Waals surface area (Å²) in [5, 5.41) is 3.47. The van der Waals surface area contributed by atoms with E-state index < -0.39 is 6.29 Å². The molecule has 0 fully saturated rings. The first-order valence-corrected chi connectivity index (χ1v) is 10.8. The van der Waals surface area contributed by atoms with Crippen molar-refractivity contribution in [3.8, 4) is 5.75 Å². The van der Waals surface area contributed by atoms with Crippen molar-refractivity contribution in [2.45, 2.75) is 32.1 Å². The number of amides is 1. The predicted molar refractivity (Wildman–Crippen MR) is 127 cm³/mol. The molecule has 7 heteroatoms. The number of carbonyl (C=O) groups excluding carboxylic acids is 2. The second-order valence-electron chi connectivity index (χ2n) is 8.79. The fourth-order valence-electron chi connectivity index (χ4n) is 3.92. The summed E-state index contributed by atoms with van der Waals surface area (Å²) in [4.78, 5) is 27.2. The lowest BCUT2D eigenvalue weighted by molar-refractivity contribution is -0.110. The predicted octanol–water partition coefficient (Wildman–Crippen LogP) is 3.53.